The number of rotatable bonds is 16. The van der Waals surface area contributed by atoms with Crippen molar-refractivity contribution < 1.29 is 33.8 Å². The van der Waals surface area contributed by atoms with Gasteiger partial charge in [-0.1, -0.05) is 86.7 Å². The summed E-state index contributed by atoms with van der Waals surface area (Å²) in [5, 5.41) is 15.8. The van der Waals surface area contributed by atoms with Crippen LogP contribution in [0.3, 0.4) is 0 Å². The van der Waals surface area contributed by atoms with Crippen LogP contribution in [0.1, 0.15) is 57.6 Å². The van der Waals surface area contributed by atoms with E-state index in [1.54, 1.807) is 17.1 Å². The van der Waals surface area contributed by atoms with Crippen LogP contribution < -0.4 is 10.2 Å². The highest BCUT2D eigenvalue weighted by molar-refractivity contribution is 6.06. The first-order valence-electron chi connectivity index (χ1n) is 18.3. The lowest BCUT2D eigenvalue weighted by Gasteiger charge is -2.39. The van der Waals surface area contributed by atoms with Gasteiger partial charge in [0.15, 0.2) is 0 Å². The fourth-order valence-electron chi connectivity index (χ4n) is 8.47. The molecule has 2 N–H and O–H groups in total. The number of amides is 3. The highest BCUT2D eigenvalue weighted by Gasteiger charge is 2.75. The first-order valence-corrected chi connectivity index (χ1v) is 18.3. The quantitative estimate of drug-likeness (QED) is 0.149. The van der Waals surface area contributed by atoms with Crippen molar-refractivity contribution in [3.8, 4) is 0 Å². The second-order valence-corrected chi connectivity index (χ2v) is 14.5. The zero-order valence-electron chi connectivity index (χ0n) is 30.0. The van der Waals surface area contributed by atoms with Crippen molar-refractivity contribution in [2.45, 2.75) is 75.8 Å². The summed E-state index contributed by atoms with van der Waals surface area (Å²) in [6, 6.07) is 20.5. The number of nitrogens with one attached hydrogen (secondary N) is 1. The Bertz CT molecular complexity index is 1810. The Kier molecular flexibility index (Phi) is 11.3. The summed E-state index contributed by atoms with van der Waals surface area (Å²) < 4.78 is 12.3. The van der Waals surface area contributed by atoms with Crippen molar-refractivity contribution in [3.63, 3.8) is 0 Å². The number of benzene rings is 3. The van der Waals surface area contributed by atoms with E-state index in [0.29, 0.717) is 31.4 Å². The monoisotopic (exact) mass is 707 g/mol. The molecule has 3 saturated heterocycles. The first kappa shape index (κ1) is 37.0. The van der Waals surface area contributed by atoms with E-state index in [2.05, 4.69) is 18.5 Å². The molecule has 6 rings (SSSR count). The average Bonchev–Trinajstić information content (AvgIpc) is 3.80. The van der Waals surface area contributed by atoms with Gasteiger partial charge < -0.3 is 29.7 Å². The Balaban J connectivity index is 1.35. The number of hydrogen-bond donors (Lipinski definition) is 2. The highest BCUT2D eigenvalue weighted by Crippen LogP contribution is 2.59. The van der Waals surface area contributed by atoms with Crippen molar-refractivity contribution in [2.75, 3.05) is 24.7 Å². The zero-order chi connectivity index (χ0) is 37.0. The van der Waals surface area contributed by atoms with E-state index >= 15 is 4.79 Å². The topological polar surface area (TPSA) is 125 Å². The summed E-state index contributed by atoms with van der Waals surface area (Å²) in [7, 11) is 0. The average molecular weight is 708 g/mol. The number of nitrogens with zero attached hydrogens (tertiary/aromatic N) is 2. The van der Waals surface area contributed by atoms with Crippen molar-refractivity contribution in [2.24, 2.45) is 17.8 Å². The number of carbonyl (C=O) groups is 4. The largest absolute Gasteiger partial charge is 0.463 e. The van der Waals surface area contributed by atoms with Crippen LogP contribution in [0.5, 0.6) is 0 Å². The van der Waals surface area contributed by atoms with Gasteiger partial charge in [-0.15, -0.1) is 13.2 Å². The lowest BCUT2D eigenvalue weighted by atomic mass is 9.70. The summed E-state index contributed by atoms with van der Waals surface area (Å²) in [5.74, 6) is -3.26. The molecule has 10 heteroatoms. The normalized spacial score (nSPS) is 24.4. The molecule has 3 aliphatic heterocycles. The SMILES string of the molecule is C=CCCC(=O)OC[C@H](NC(=O)[C@@H]1[C@H]2C(=O)N([C@@H](CO)CC(C)C)[C@H](C(=O)N(CC=C)c3ccc4ccccc4c3)[C@]23CC[C@H]1O3)c1ccccc1. The molecule has 52 heavy (non-hydrogen) atoms. The molecule has 2 bridgehead atoms. The van der Waals surface area contributed by atoms with Gasteiger partial charge in [-0.2, -0.15) is 0 Å². The molecule has 1 spiro atoms. The standard InChI is InChI=1S/C42H49N3O7/c1-5-7-17-35(47)51-26-33(29-14-9-8-10-15-29)43-39(48)36-34-20-21-42(52-34)37(36)40(49)45(32(25-46)23-27(3)4)38(42)41(50)44(22-6-2)31-19-18-28-13-11-12-16-30(28)24-31/h5-6,8-16,18-19,24,27,32-34,36-38,46H,1-2,7,17,20-23,25-26H2,3-4H3,(H,43,48)/t32-,33+,34-,36+,37+,38-,42+/m1/s1. The molecule has 0 aromatic heterocycles. The molecule has 0 unspecified atom stereocenters. The van der Waals surface area contributed by atoms with Crippen molar-refractivity contribution in [1.29, 1.82) is 0 Å². The van der Waals surface area contributed by atoms with Gasteiger partial charge in [0.05, 0.1) is 36.6 Å². The molecule has 3 aromatic carbocycles. The Morgan fingerprint density at radius 1 is 1.06 bits per heavy atom. The number of hydrogen-bond acceptors (Lipinski definition) is 7. The Hall–Kier alpha value is -4.80. The summed E-state index contributed by atoms with van der Waals surface area (Å²) in [6.45, 7) is 11.3. The number of esters is 1. The van der Waals surface area contributed by atoms with Gasteiger partial charge in [-0.3, -0.25) is 19.2 Å². The molecule has 3 aromatic rings. The van der Waals surface area contributed by atoms with E-state index in [1.807, 2.05) is 86.6 Å². The van der Waals surface area contributed by atoms with Gasteiger partial charge in [0.1, 0.15) is 18.2 Å². The number of aliphatic hydroxyl groups is 1. The molecule has 10 nitrogen and oxygen atoms in total. The van der Waals surface area contributed by atoms with E-state index in [9.17, 15) is 19.5 Å². The van der Waals surface area contributed by atoms with Crippen LogP contribution in [0, 0.1) is 17.8 Å². The van der Waals surface area contributed by atoms with E-state index in [0.717, 1.165) is 16.3 Å². The molecule has 0 radical (unpaired) electrons. The van der Waals surface area contributed by atoms with Gasteiger partial charge in [0.2, 0.25) is 11.8 Å². The van der Waals surface area contributed by atoms with Crippen molar-refractivity contribution in [1.82, 2.24) is 10.2 Å². The van der Waals surface area contributed by atoms with Gasteiger partial charge in [-0.25, -0.2) is 0 Å². The lowest BCUT2D eigenvalue weighted by Crippen LogP contribution is -2.59. The van der Waals surface area contributed by atoms with Crippen LogP contribution in [-0.2, 0) is 28.7 Å². The van der Waals surface area contributed by atoms with Crippen LogP contribution in [0.2, 0.25) is 0 Å². The summed E-state index contributed by atoms with van der Waals surface area (Å²) >= 11 is 0. The number of fused-ring (bicyclic) bond motifs is 2. The van der Waals surface area contributed by atoms with Gasteiger partial charge in [-0.05, 0) is 60.1 Å². The number of ether oxygens (including phenoxy) is 2. The molecule has 3 aliphatic rings. The van der Waals surface area contributed by atoms with Gasteiger partial charge in [0, 0.05) is 18.7 Å². The third-order valence-corrected chi connectivity index (χ3v) is 10.7. The first-order chi connectivity index (χ1) is 25.1. The third-order valence-electron chi connectivity index (χ3n) is 10.7. The minimum atomic E-state index is -1.28. The third kappa shape index (κ3) is 7.01. The summed E-state index contributed by atoms with van der Waals surface area (Å²) in [5.41, 5.74) is 0.114. The highest BCUT2D eigenvalue weighted by atomic mass is 16.5. The van der Waals surface area contributed by atoms with Gasteiger partial charge >= 0.3 is 5.97 Å². The van der Waals surface area contributed by atoms with E-state index in [4.69, 9.17) is 9.47 Å². The van der Waals surface area contributed by atoms with Crippen LogP contribution in [0.25, 0.3) is 10.8 Å². The summed E-state index contributed by atoms with van der Waals surface area (Å²) in [4.78, 5) is 59.9. The van der Waals surface area contributed by atoms with Crippen molar-refractivity contribution in [3.05, 3.63) is 104 Å². The fourth-order valence-corrected chi connectivity index (χ4v) is 8.47. The fraction of sp³-hybridized carbons (Fsp3) is 0.429. The smallest absolute Gasteiger partial charge is 0.306 e. The number of aliphatic hydroxyl groups excluding tert-OH is 1. The molecule has 3 fully saturated rings. The molecular weight excluding hydrogens is 658 g/mol. The number of carbonyl (C=O) groups excluding carboxylic acids is 4. The molecule has 7 atom stereocenters. The molecule has 0 aliphatic carbocycles. The van der Waals surface area contributed by atoms with Crippen LogP contribution in [-0.4, -0.2) is 77.2 Å². The Labute approximate surface area is 305 Å². The van der Waals surface area contributed by atoms with Crippen molar-refractivity contribution >= 4 is 40.2 Å². The maximum Gasteiger partial charge on any atom is 0.306 e. The predicted octanol–water partition coefficient (Wildman–Crippen LogP) is 5.51. The van der Waals surface area contributed by atoms with Gasteiger partial charge in [0.25, 0.3) is 5.91 Å². The minimum Gasteiger partial charge on any atom is -0.463 e. The number of likely N-dealkylation sites (tertiary alicyclic amines) is 1. The van der Waals surface area contributed by atoms with Crippen LogP contribution >= 0.6 is 0 Å². The van der Waals surface area contributed by atoms with Crippen LogP contribution in [0.4, 0.5) is 5.69 Å². The maximum atomic E-state index is 15.1. The Morgan fingerprint density at radius 3 is 2.48 bits per heavy atom. The molecule has 3 amide bonds. The molecular formula is C42H49N3O7. The molecule has 274 valence electrons. The predicted molar refractivity (Wildman–Crippen MR) is 199 cm³/mol. The maximum absolute atomic E-state index is 15.1. The second-order valence-electron chi connectivity index (χ2n) is 14.5. The number of anilines is 1. The summed E-state index contributed by atoms with van der Waals surface area (Å²) in [6.07, 6.45) is 4.70. The van der Waals surface area contributed by atoms with E-state index in [1.165, 1.54) is 4.90 Å². The van der Waals surface area contributed by atoms with Crippen LogP contribution in [0.15, 0.2) is 98.1 Å². The Morgan fingerprint density at radius 2 is 1.79 bits per heavy atom. The molecule has 0 saturated carbocycles. The van der Waals surface area contributed by atoms with E-state index < -0.39 is 53.5 Å². The second kappa shape index (κ2) is 15.8. The minimum absolute atomic E-state index is 0.0930. The zero-order valence-corrected chi connectivity index (χ0v) is 30.0. The number of allylic oxidation sites excluding steroid dienone is 1. The molecule has 3 heterocycles. The van der Waals surface area contributed by atoms with E-state index in [-0.39, 0.29) is 43.9 Å². The lowest BCUT2D eigenvalue weighted by molar-refractivity contribution is -0.146.